The fourth-order valence-electron chi connectivity index (χ4n) is 2.43. The number of piperidine rings is 1. The van der Waals surface area contributed by atoms with Gasteiger partial charge in [0.15, 0.2) is 0 Å². The second-order valence-electron chi connectivity index (χ2n) is 5.23. The zero-order chi connectivity index (χ0) is 14.5. The summed E-state index contributed by atoms with van der Waals surface area (Å²) in [6.07, 6.45) is 1.81. The van der Waals surface area contributed by atoms with Gasteiger partial charge in [-0.1, -0.05) is 6.07 Å². The van der Waals surface area contributed by atoms with Gasteiger partial charge < -0.3 is 5.32 Å². The maximum atomic E-state index is 13.6. The molecule has 2 rings (SSSR count). The van der Waals surface area contributed by atoms with Crippen LogP contribution in [0.3, 0.4) is 0 Å². The smallest absolute Gasteiger partial charge is 0.238 e. The second kappa shape index (κ2) is 6.49. The molecule has 0 bridgehead atoms. The SMILES string of the molecule is Cc1ccc(F)c(NC(=O)CN2CCC[C@@H](C#N)C2)c1. The summed E-state index contributed by atoms with van der Waals surface area (Å²) in [6, 6.07) is 6.86. The van der Waals surface area contributed by atoms with Crippen molar-refractivity contribution in [3.63, 3.8) is 0 Å². The van der Waals surface area contributed by atoms with E-state index in [9.17, 15) is 9.18 Å². The molecule has 1 atom stereocenters. The maximum absolute atomic E-state index is 13.6. The number of amides is 1. The summed E-state index contributed by atoms with van der Waals surface area (Å²) in [4.78, 5) is 13.9. The molecule has 1 aromatic carbocycles. The Morgan fingerprint density at radius 3 is 3.15 bits per heavy atom. The third-order valence-corrected chi connectivity index (χ3v) is 3.45. The van der Waals surface area contributed by atoms with Gasteiger partial charge in [0.2, 0.25) is 5.91 Å². The molecule has 0 unspecified atom stereocenters. The van der Waals surface area contributed by atoms with Crippen molar-refractivity contribution in [3.05, 3.63) is 29.6 Å². The lowest BCUT2D eigenvalue weighted by molar-refractivity contribution is -0.117. The Morgan fingerprint density at radius 1 is 1.60 bits per heavy atom. The topological polar surface area (TPSA) is 56.1 Å². The van der Waals surface area contributed by atoms with E-state index in [2.05, 4.69) is 11.4 Å². The summed E-state index contributed by atoms with van der Waals surface area (Å²) in [5.41, 5.74) is 1.10. The number of rotatable bonds is 3. The van der Waals surface area contributed by atoms with Crippen molar-refractivity contribution in [1.29, 1.82) is 5.26 Å². The van der Waals surface area contributed by atoms with E-state index < -0.39 is 5.82 Å². The Labute approximate surface area is 118 Å². The van der Waals surface area contributed by atoms with Crippen LogP contribution in [0.1, 0.15) is 18.4 Å². The number of likely N-dealkylation sites (tertiary alicyclic amines) is 1. The number of nitriles is 1. The van der Waals surface area contributed by atoms with Crippen LogP contribution in [0.15, 0.2) is 18.2 Å². The number of nitrogens with one attached hydrogen (secondary N) is 1. The summed E-state index contributed by atoms with van der Waals surface area (Å²) in [5, 5.41) is 11.5. The third kappa shape index (κ3) is 3.78. The molecule has 20 heavy (non-hydrogen) atoms. The van der Waals surface area contributed by atoms with E-state index in [1.165, 1.54) is 6.07 Å². The molecule has 1 aliphatic heterocycles. The number of anilines is 1. The minimum absolute atomic E-state index is 0.00717. The summed E-state index contributed by atoms with van der Waals surface area (Å²) < 4.78 is 13.6. The molecular formula is C15H18FN3O. The molecule has 106 valence electrons. The summed E-state index contributed by atoms with van der Waals surface area (Å²) in [7, 11) is 0. The minimum Gasteiger partial charge on any atom is -0.322 e. The molecule has 5 heteroatoms. The highest BCUT2D eigenvalue weighted by molar-refractivity contribution is 5.92. The van der Waals surface area contributed by atoms with E-state index in [0.717, 1.165) is 24.9 Å². The van der Waals surface area contributed by atoms with Crippen LogP contribution in [0, 0.1) is 30.0 Å². The van der Waals surface area contributed by atoms with E-state index in [1.54, 1.807) is 12.1 Å². The monoisotopic (exact) mass is 275 g/mol. The van der Waals surface area contributed by atoms with E-state index in [-0.39, 0.29) is 24.1 Å². The molecule has 1 fully saturated rings. The number of nitrogens with zero attached hydrogens (tertiary/aromatic N) is 2. The lowest BCUT2D eigenvalue weighted by Crippen LogP contribution is -2.40. The van der Waals surface area contributed by atoms with Crippen molar-refractivity contribution in [1.82, 2.24) is 4.90 Å². The van der Waals surface area contributed by atoms with Crippen LogP contribution in [0.2, 0.25) is 0 Å². The normalized spacial score (nSPS) is 19.4. The lowest BCUT2D eigenvalue weighted by Gasteiger charge is -2.28. The molecule has 0 spiro atoms. The molecule has 0 radical (unpaired) electrons. The molecule has 1 amide bonds. The molecule has 1 aromatic rings. The number of carbonyl (C=O) groups is 1. The van der Waals surface area contributed by atoms with Crippen LogP contribution < -0.4 is 5.32 Å². The van der Waals surface area contributed by atoms with E-state index in [4.69, 9.17) is 5.26 Å². The summed E-state index contributed by atoms with van der Waals surface area (Å²) >= 11 is 0. The first-order valence-electron chi connectivity index (χ1n) is 6.76. The fourth-order valence-corrected chi connectivity index (χ4v) is 2.43. The van der Waals surface area contributed by atoms with Crippen molar-refractivity contribution in [2.75, 3.05) is 25.0 Å². The molecule has 1 N–H and O–H groups in total. The Hall–Kier alpha value is -1.93. The van der Waals surface area contributed by atoms with E-state index in [0.29, 0.717) is 6.54 Å². The number of hydrogen-bond donors (Lipinski definition) is 1. The highest BCUT2D eigenvalue weighted by Crippen LogP contribution is 2.17. The molecule has 0 saturated carbocycles. The van der Waals surface area contributed by atoms with Gasteiger partial charge in [0.1, 0.15) is 5.82 Å². The molecule has 0 aliphatic carbocycles. The minimum atomic E-state index is -0.433. The predicted octanol–water partition coefficient (Wildman–Crippen LogP) is 2.31. The van der Waals surface area contributed by atoms with Crippen molar-refractivity contribution in [2.24, 2.45) is 5.92 Å². The average Bonchev–Trinajstić information content (AvgIpc) is 2.43. The van der Waals surface area contributed by atoms with Gasteiger partial charge in [-0.15, -0.1) is 0 Å². The Bertz CT molecular complexity index is 538. The average molecular weight is 275 g/mol. The van der Waals surface area contributed by atoms with Gasteiger partial charge in [-0.2, -0.15) is 5.26 Å². The highest BCUT2D eigenvalue weighted by Gasteiger charge is 2.21. The van der Waals surface area contributed by atoms with Crippen LogP contribution >= 0.6 is 0 Å². The van der Waals surface area contributed by atoms with Gasteiger partial charge in [0.25, 0.3) is 0 Å². The molecule has 0 aromatic heterocycles. The highest BCUT2D eigenvalue weighted by atomic mass is 19.1. The number of aryl methyl sites for hydroxylation is 1. The van der Waals surface area contributed by atoms with Gasteiger partial charge in [0, 0.05) is 6.54 Å². The molecular weight excluding hydrogens is 257 g/mol. The zero-order valence-electron chi connectivity index (χ0n) is 11.5. The van der Waals surface area contributed by atoms with Crippen LogP contribution in [-0.4, -0.2) is 30.4 Å². The largest absolute Gasteiger partial charge is 0.322 e. The van der Waals surface area contributed by atoms with Crippen molar-refractivity contribution < 1.29 is 9.18 Å². The predicted molar refractivity (Wildman–Crippen MR) is 74.5 cm³/mol. The summed E-state index contributed by atoms with van der Waals surface area (Å²) in [5.74, 6) is -0.683. The van der Waals surface area contributed by atoms with Gasteiger partial charge in [0.05, 0.1) is 24.2 Å². The molecule has 4 nitrogen and oxygen atoms in total. The molecule has 1 saturated heterocycles. The zero-order valence-corrected chi connectivity index (χ0v) is 11.5. The van der Waals surface area contributed by atoms with Crippen LogP contribution in [-0.2, 0) is 4.79 Å². The fraction of sp³-hybridized carbons (Fsp3) is 0.467. The standard InChI is InChI=1S/C15H18FN3O/c1-11-4-5-13(16)14(7-11)18-15(20)10-19-6-2-3-12(8-17)9-19/h4-5,7,12H,2-3,6,9-10H2,1H3,(H,18,20)/t12-/m0/s1. The van der Waals surface area contributed by atoms with Crippen molar-refractivity contribution in [3.8, 4) is 6.07 Å². The summed E-state index contributed by atoms with van der Waals surface area (Å²) in [6.45, 7) is 3.46. The van der Waals surface area contributed by atoms with Crippen LogP contribution in [0.25, 0.3) is 0 Å². The number of hydrogen-bond acceptors (Lipinski definition) is 3. The molecule has 1 heterocycles. The lowest BCUT2D eigenvalue weighted by atomic mass is 10.00. The third-order valence-electron chi connectivity index (χ3n) is 3.45. The van der Waals surface area contributed by atoms with Crippen LogP contribution in [0.5, 0.6) is 0 Å². The number of halogens is 1. The van der Waals surface area contributed by atoms with Crippen molar-refractivity contribution >= 4 is 11.6 Å². The first-order chi connectivity index (χ1) is 9.58. The van der Waals surface area contributed by atoms with Gasteiger partial charge in [-0.25, -0.2) is 4.39 Å². The number of carbonyl (C=O) groups excluding carboxylic acids is 1. The van der Waals surface area contributed by atoms with E-state index in [1.807, 2.05) is 11.8 Å². The molecule has 1 aliphatic rings. The van der Waals surface area contributed by atoms with Crippen molar-refractivity contribution in [2.45, 2.75) is 19.8 Å². The van der Waals surface area contributed by atoms with Crippen LogP contribution in [0.4, 0.5) is 10.1 Å². The first kappa shape index (κ1) is 14.5. The van der Waals surface area contributed by atoms with E-state index >= 15 is 0 Å². The maximum Gasteiger partial charge on any atom is 0.238 e. The van der Waals surface area contributed by atoms with Gasteiger partial charge >= 0.3 is 0 Å². The van der Waals surface area contributed by atoms with Gasteiger partial charge in [-0.3, -0.25) is 9.69 Å². The Kier molecular flexibility index (Phi) is 4.70. The Balaban J connectivity index is 1.92. The quantitative estimate of drug-likeness (QED) is 0.921. The first-order valence-corrected chi connectivity index (χ1v) is 6.76. The second-order valence-corrected chi connectivity index (χ2v) is 5.23. The van der Waals surface area contributed by atoms with Gasteiger partial charge in [-0.05, 0) is 44.0 Å². The number of benzene rings is 1. The Morgan fingerprint density at radius 2 is 2.40 bits per heavy atom.